The number of nitrogens with one attached hydrogen (secondary N) is 1. The number of piperidine rings is 1. The molecule has 1 N–H and O–H groups in total. The number of amides is 2. The summed E-state index contributed by atoms with van der Waals surface area (Å²) in [6.07, 6.45) is 4.29. The summed E-state index contributed by atoms with van der Waals surface area (Å²) >= 11 is 2.86. The van der Waals surface area contributed by atoms with Crippen molar-refractivity contribution in [3.63, 3.8) is 0 Å². The molecule has 2 heterocycles. The van der Waals surface area contributed by atoms with E-state index in [4.69, 9.17) is 0 Å². The minimum Gasteiger partial charge on any atom is -0.343 e. The molecule has 3 rings (SSSR count). The van der Waals surface area contributed by atoms with Crippen molar-refractivity contribution in [2.24, 2.45) is 0 Å². The van der Waals surface area contributed by atoms with Gasteiger partial charge in [0.2, 0.25) is 11.8 Å². The van der Waals surface area contributed by atoms with Gasteiger partial charge in [0, 0.05) is 13.0 Å². The number of rotatable bonds is 5. The number of carbonyl (C=O) groups excluding carboxylic acids is 3. The molecule has 2 fully saturated rings. The maximum Gasteiger partial charge on any atom is 0.246 e. The first kappa shape index (κ1) is 21.2. The van der Waals surface area contributed by atoms with Crippen LogP contribution >= 0.6 is 23.5 Å². The zero-order chi connectivity index (χ0) is 20.1. The van der Waals surface area contributed by atoms with Crippen LogP contribution in [0.3, 0.4) is 0 Å². The molecule has 28 heavy (non-hydrogen) atoms. The number of benzene rings is 1. The molecule has 4 atom stereocenters. The third-order valence-electron chi connectivity index (χ3n) is 5.31. The topological polar surface area (TPSA) is 66.5 Å². The lowest BCUT2D eigenvalue weighted by molar-refractivity contribution is -0.139. The molecular formula is C21H28N2O3S2. The Morgan fingerprint density at radius 2 is 2.00 bits per heavy atom. The van der Waals surface area contributed by atoms with Gasteiger partial charge in [-0.3, -0.25) is 14.4 Å². The van der Waals surface area contributed by atoms with E-state index in [1.807, 2.05) is 47.0 Å². The van der Waals surface area contributed by atoms with Crippen molar-refractivity contribution in [1.29, 1.82) is 0 Å². The first-order valence-electron chi connectivity index (χ1n) is 9.91. The van der Waals surface area contributed by atoms with E-state index in [2.05, 4.69) is 12.2 Å². The molecule has 0 radical (unpaired) electrons. The Hall–Kier alpha value is -1.47. The van der Waals surface area contributed by atoms with E-state index in [0.29, 0.717) is 12.8 Å². The Bertz CT molecular complexity index is 713. The fourth-order valence-electron chi connectivity index (χ4n) is 3.91. The van der Waals surface area contributed by atoms with Gasteiger partial charge in [0.05, 0.1) is 10.6 Å². The first-order chi connectivity index (χ1) is 13.5. The fourth-order valence-corrected chi connectivity index (χ4v) is 6.21. The Labute approximate surface area is 175 Å². The van der Waals surface area contributed by atoms with E-state index >= 15 is 0 Å². The molecule has 2 aliphatic heterocycles. The quantitative estimate of drug-likeness (QED) is 0.792. The Morgan fingerprint density at radius 3 is 2.71 bits per heavy atom. The molecule has 2 unspecified atom stereocenters. The van der Waals surface area contributed by atoms with Crippen molar-refractivity contribution in [2.45, 2.75) is 68.7 Å². The third-order valence-corrected chi connectivity index (χ3v) is 7.62. The Kier molecular flexibility index (Phi) is 7.46. The summed E-state index contributed by atoms with van der Waals surface area (Å²) in [5.74, 6) is 0.658. The van der Waals surface area contributed by atoms with Crippen molar-refractivity contribution in [2.75, 3.05) is 5.75 Å². The van der Waals surface area contributed by atoms with Gasteiger partial charge in [0.25, 0.3) is 0 Å². The third kappa shape index (κ3) is 5.32. The second kappa shape index (κ2) is 9.83. The molecule has 5 nitrogen and oxygen atoms in total. The lowest BCUT2D eigenvalue weighted by atomic mass is 10.0. The predicted octanol–water partition coefficient (Wildman–Crippen LogP) is 3.23. The van der Waals surface area contributed by atoms with Gasteiger partial charge < -0.3 is 10.2 Å². The highest BCUT2D eigenvalue weighted by Crippen LogP contribution is 2.34. The summed E-state index contributed by atoms with van der Waals surface area (Å²) in [6, 6.07) is 9.39. The number of fused-ring (bicyclic) bond motifs is 1. The molecule has 2 aliphatic rings. The second-order valence-corrected chi connectivity index (χ2v) is 10.2. The number of nitrogens with zero attached hydrogens (tertiary/aromatic N) is 1. The summed E-state index contributed by atoms with van der Waals surface area (Å²) in [5, 5.41) is 2.57. The van der Waals surface area contributed by atoms with Crippen LogP contribution in [0.4, 0.5) is 0 Å². The molecule has 0 spiro atoms. The van der Waals surface area contributed by atoms with Gasteiger partial charge in [0.15, 0.2) is 5.12 Å². The molecule has 2 saturated heterocycles. The van der Waals surface area contributed by atoms with Gasteiger partial charge in [-0.05, 0) is 50.3 Å². The number of hydrogen-bond acceptors (Lipinski definition) is 5. The standard InChI is InChI=1S/C21H28N2O3S2/c1-14-7-6-10-19-23(14)21(26)17(11-12-27-19)22-20(25)18(28-15(2)24)13-16-8-4-3-5-9-16/h3-5,8-9,14,17-19H,6-7,10-13H2,1-2H3,(H,22,25)/t14-,17+,18?,19?/m1/s1. The van der Waals surface area contributed by atoms with Gasteiger partial charge in [-0.25, -0.2) is 0 Å². The summed E-state index contributed by atoms with van der Waals surface area (Å²) in [4.78, 5) is 39.8. The molecule has 1 aromatic rings. The van der Waals surface area contributed by atoms with Crippen molar-refractivity contribution < 1.29 is 14.4 Å². The van der Waals surface area contributed by atoms with Gasteiger partial charge >= 0.3 is 0 Å². The molecule has 2 amide bonds. The lowest BCUT2D eigenvalue weighted by Crippen LogP contribution is -2.55. The Balaban J connectivity index is 1.70. The van der Waals surface area contributed by atoms with E-state index in [0.717, 1.165) is 42.3 Å². The van der Waals surface area contributed by atoms with Crippen LogP contribution in [-0.4, -0.2) is 50.3 Å². The van der Waals surface area contributed by atoms with Gasteiger partial charge in [-0.1, -0.05) is 42.1 Å². The monoisotopic (exact) mass is 420 g/mol. The van der Waals surface area contributed by atoms with E-state index in [9.17, 15) is 14.4 Å². The van der Waals surface area contributed by atoms with Crippen LogP contribution in [-0.2, 0) is 20.8 Å². The zero-order valence-electron chi connectivity index (χ0n) is 16.4. The van der Waals surface area contributed by atoms with Crippen LogP contribution in [0.1, 0.15) is 45.1 Å². The van der Waals surface area contributed by atoms with E-state index in [1.165, 1.54) is 6.92 Å². The minimum atomic E-state index is -0.529. The van der Waals surface area contributed by atoms with Crippen LogP contribution in [0.25, 0.3) is 0 Å². The normalized spacial score (nSPS) is 26.1. The fraction of sp³-hybridized carbons (Fsp3) is 0.571. The van der Waals surface area contributed by atoms with Crippen molar-refractivity contribution in [1.82, 2.24) is 10.2 Å². The van der Waals surface area contributed by atoms with Gasteiger partial charge in [-0.15, -0.1) is 11.8 Å². The first-order valence-corrected chi connectivity index (χ1v) is 11.8. The molecule has 1 aromatic carbocycles. The number of hydrogen-bond donors (Lipinski definition) is 1. The van der Waals surface area contributed by atoms with E-state index in [1.54, 1.807) is 0 Å². The van der Waals surface area contributed by atoms with Crippen LogP contribution in [0, 0.1) is 0 Å². The molecule has 0 aromatic heterocycles. The highest BCUT2D eigenvalue weighted by molar-refractivity contribution is 8.14. The van der Waals surface area contributed by atoms with Crippen molar-refractivity contribution in [3.8, 4) is 0 Å². The van der Waals surface area contributed by atoms with Crippen molar-refractivity contribution >= 4 is 40.5 Å². The Morgan fingerprint density at radius 1 is 1.25 bits per heavy atom. The maximum atomic E-state index is 13.2. The summed E-state index contributed by atoms with van der Waals surface area (Å²) in [7, 11) is 0. The average molecular weight is 421 g/mol. The van der Waals surface area contributed by atoms with E-state index in [-0.39, 0.29) is 28.3 Å². The smallest absolute Gasteiger partial charge is 0.246 e. The van der Waals surface area contributed by atoms with Crippen LogP contribution in [0.2, 0.25) is 0 Å². The maximum absolute atomic E-state index is 13.2. The van der Waals surface area contributed by atoms with Crippen LogP contribution < -0.4 is 5.32 Å². The molecule has 0 saturated carbocycles. The van der Waals surface area contributed by atoms with Gasteiger partial charge in [-0.2, -0.15) is 0 Å². The van der Waals surface area contributed by atoms with E-state index < -0.39 is 11.3 Å². The van der Waals surface area contributed by atoms with Crippen LogP contribution in [0.5, 0.6) is 0 Å². The number of thioether (sulfide) groups is 2. The largest absolute Gasteiger partial charge is 0.343 e. The van der Waals surface area contributed by atoms with Crippen LogP contribution in [0.15, 0.2) is 30.3 Å². The molecule has 7 heteroatoms. The molecular weight excluding hydrogens is 392 g/mol. The van der Waals surface area contributed by atoms with Gasteiger partial charge in [0.1, 0.15) is 6.04 Å². The summed E-state index contributed by atoms with van der Waals surface area (Å²) < 4.78 is 0. The number of carbonyl (C=O) groups is 3. The highest BCUT2D eigenvalue weighted by atomic mass is 32.2. The highest BCUT2D eigenvalue weighted by Gasteiger charge is 2.39. The molecule has 0 bridgehead atoms. The summed E-state index contributed by atoms with van der Waals surface area (Å²) in [5.41, 5.74) is 1.00. The predicted molar refractivity (Wildman–Crippen MR) is 115 cm³/mol. The van der Waals surface area contributed by atoms with Crippen molar-refractivity contribution in [3.05, 3.63) is 35.9 Å². The molecule has 0 aliphatic carbocycles. The lowest BCUT2D eigenvalue weighted by Gasteiger charge is -2.40. The average Bonchev–Trinajstić information content (AvgIpc) is 2.82. The second-order valence-electron chi connectivity index (χ2n) is 7.49. The minimum absolute atomic E-state index is 0.0295. The summed E-state index contributed by atoms with van der Waals surface area (Å²) in [6.45, 7) is 3.57. The molecule has 152 valence electrons. The zero-order valence-corrected chi connectivity index (χ0v) is 18.1. The SMILES string of the molecule is CC(=O)SC(Cc1ccccc1)C(=O)N[C@H]1CCSC2CCC[C@@H](C)N2C1=O.